The largest absolute Gasteiger partial charge is 0.228 e. The number of hydrogen-bond donors (Lipinski definition) is 0. The van der Waals surface area contributed by atoms with Crippen molar-refractivity contribution < 1.29 is 8.42 Å². The summed E-state index contributed by atoms with van der Waals surface area (Å²) in [5, 5.41) is 0.559. The van der Waals surface area contributed by atoms with Gasteiger partial charge in [-0.25, -0.2) is 8.42 Å². The quantitative estimate of drug-likeness (QED) is 0.853. The third-order valence-electron chi connectivity index (χ3n) is 2.94. The minimum atomic E-state index is -3.20. The molecule has 0 aliphatic heterocycles. The fourth-order valence-electron chi connectivity index (χ4n) is 2.34. The van der Waals surface area contributed by atoms with Crippen LogP contribution in [0.15, 0.2) is 42.5 Å². The molecule has 2 nitrogen and oxygen atoms in total. The third kappa shape index (κ3) is 4.36. The van der Waals surface area contributed by atoms with Crippen molar-refractivity contribution in [2.45, 2.75) is 25.4 Å². The second-order valence-electron chi connectivity index (χ2n) is 5.16. The molecule has 0 aromatic heterocycles. The Labute approximate surface area is 125 Å². The standard InChI is InChI=1S/C16H17ClO2S/c1-12-6-13(2)8-15(7-12)11-20(18,19)10-14-4-3-5-16(17)9-14/h3-9H,10-11H2,1-2H3. The van der Waals surface area contributed by atoms with E-state index in [1.165, 1.54) is 0 Å². The Morgan fingerprint density at radius 2 is 1.50 bits per heavy atom. The van der Waals surface area contributed by atoms with Gasteiger partial charge in [0.1, 0.15) is 0 Å². The van der Waals surface area contributed by atoms with Crippen molar-refractivity contribution in [1.29, 1.82) is 0 Å². The minimum Gasteiger partial charge on any atom is -0.228 e. The zero-order valence-electron chi connectivity index (χ0n) is 11.6. The summed E-state index contributed by atoms with van der Waals surface area (Å²) in [6.45, 7) is 3.94. The van der Waals surface area contributed by atoms with Gasteiger partial charge in [0.25, 0.3) is 0 Å². The molecule has 0 N–H and O–H groups in total. The predicted octanol–water partition coefficient (Wildman–Crippen LogP) is 4.07. The zero-order chi connectivity index (χ0) is 14.8. The first-order valence-corrected chi connectivity index (χ1v) is 8.56. The number of hydrogen-bond acceptors (Lipinski definition) is 2. The molecule has 2 rings (SSSR count). The van der Waals surface area contributed by atoms with Gasteiger partial charge in [-0.3, -0.25) is 0 Å². The first-order chi connectivity index (χ1) is 9.34. The molecule has 2 aromatic carbocycles. The Morgan fingerprint density at radius 3 is 2.10 bits per heavy atom. The molecule has 0 saturated carbocycles. The zero-order valence-corrected chi connectivity index (χ0v) is 13.1. The summed E-state index contributed by atoms with van der Waals surface area (Å²) in [5.74, 6) is 0.0720. The van der Waals surface area contributed by atoms with Crippen LogP contribution in [0.1, 0.15) is 22.3 Å². The fraction of sp³-hybridized carbons (Fsp3) is 0.250. The van der Waals surface area contributed by atoms with Crippen LogP contribution >= 0.6 is 11.6 Å². The molecule has 0 fully saturated rings. The van der Waals surface area contributed by atoms with E-state index in [0.29, 0.717) is 5.02 Å². The van der Waals surface area contributed by atoms with Crippen LogP contribution in [0.3, 0.4) is 0 Å². The Balaban J connectivity index is 2.19. The van der Waals surface area contributed by atoms with Crippen LogP contribution in [0, 0.1) is 13.8 Å². The van der Waals surface area contributed by atoms with E-state index in [4.69, 9.17) is 11.6 Å². The lowest BCUT2D eigenvalue weighted by atomic mass is 10.1. The van der Waals surface area contributed by atoms with E-state index >= 15 is 0 Å². The second-order valence-corrected chi connectivity index (χ2v) is 7.66. The molecule has 20 heavy (non-hydrogen) atoms. The number of aryl methyl sites for hydroxylation is 2. The lowest BCUT2D eigenvalue weighted by molar-refractivity contribution is 0.594. The molecular weight excluding hydrogens is 292 g/mol. The summed E-state index contributed by atoms with van der Waals surface area (Å²) in [4.78, 5) is 0. The Bertz CT molecular complexity index is 701. The van der Waals surface area contributed by atoms with Gasteiger partial charge >= 0.3 is 0 Å². The monoisotopic (exact) mass is 308 g/mol. The molecule has 0 spiro atoms. The molecule has 0 atom stereocenters. The Morgan fingerprint density at radius 1 is 0.900 bits per heavy atom. The first kappa shape index (κ1) is 15.1. The summed E-state index contributed by atoms with van der Waals surface area (Å²) in [6, 6.07) is 12.9. The van der Waals surface area contributed by atoms with Crippen LogP contribution in [0.4, 0.5) is 0 Å². The van der Waals surface area contributed by atoms with Gasteiger partial charge in [0.05, 0.1) is 11.5 Å². The average Bonchev–Trinajstić information content (AvgIpc) is 2.25. The maximum atomic E-state index is 12.3. The average molecular weight is 309 g/mol. The third-order valence-corrected chi connectivity index (χ3v) is 4.73. The van der Waals surface area contributed by atoms with Crippen LogP contribution in [0.25, 0.3) is 0 Å². The van der Waals surface area contributed by atoms with Gasteiger partial charge < -0.3 is 0 Å². The molecule has 0 aliphatic rings. The van der Waals surface area contributed by atoms with Crippen LogP contribution in [0.5, 0.6) is 0 Å². The van der Waals surface area contributed by atoms with Gasteiger partial charge in [-0.15, -0.1) is 0 Å². The molecule has 2 aromatic rings. The van der Waals surface area contributed by atoms with Crippen LogP contribution in [-0.2, 0) is 21.3 Å². The summed E-state index contributed by atoms with van der Waals surface area (Å²) in [7, 11) is -3.20. The van der Waals surface area contributed by atoms with Crippen molar-refractivity contribution in [3.63, 3.8) is 0 Å². The molecule has 0 unspecified atom stereocenters. The molecule has 106 valence electrons. The SMILES string of the molecule is Cc1cc(C)cc(CS(=O)(=O)Cc2cccc(Cl)c2)c1. The highest BCUT2D eigenvalue weighted by molar-refractivity contribution is 7.89. The summed E-state index contributed by atoms with van der Waals surface area (Å²) in [5.41, 5.74) is 3.72. The lowest BCUT2D eigenvalue weighted by Gasteiger charge is -2.07. The van der Waals surface area contributed by atoms with E-state index in [2.05, 4.69) is 0 Å². The van der Waals surface area contributed by atoms with E-state index in [0.717, 1.165) is 22.3 Å². The van der Waals surface area contributed by atoms with Gasteiger partial charge in [-0.1, -0.05) is 53.1 Å². The number of halogens is 1. The maximum Gasteiger partial charge on any atom is 0.158 e. The number of rotatable bonds is 4. The van der Waals surface area contributed by atoms with Crippen LogP contribution in [-0.4, -0.2) is 8.42 Å². The van der Waals surface area contributed by atoms with E-state index in [9.17, 15) is 8.42 Å². The van der Waals surface area contributed by atoms with Crippen molar-refractivity contribution in [2.75, 3.05) is 0 Å². The maximum absolute atomic E-state index is 12.3. The molecule has 0 radical (unpaired) electrons. The molecule has 4 heteroatoms. The fourth-order valence-corrected chi connectivity index (χ4v) is 4.01. The van der Waals surface area contributed by atoms with E-state index in [-0.39, 0.29) is 11.5 Å². The highest BCUT2D eigenvalue weighted by Gasteiger charge is 2.14. The van der Waals surface area contributed by atoms with E-state index < -0.39 is 9.84 Å². The molecule has 0 bridgehead atoms. The molecule has 0 saturated heterocycles. The van der Waals surface area contributed by atoms with Gasteiger partial charge in [-0.05, 0) is 37.1 Å². The van der Waals surface area contributed by atoms with Gasteiger partial charge in [0, 0.05) is 5.02 Å². The summed E-state index contributed by atoms with van der Waals surface area (Å²) >= 11 is 5.88. The van der Waals surface area contributed by atoms with E-state index in [1.807, 2.05) is 32.0 Å². The van der Waals surface area contributed by atoms with E-state index in [1.54, 1.807) is 24.3 Å². The predicted molar refractivity (Wildman–Crippen MR) is 83.7 cm³/mol. The van der Waals surface area contributed by atoms with Crippen molar-refractivity contribution in [3.8, 4) is 0 Å². The lowest BCUT2D eigenvalue weighted by Crippen LogP contribution is -2.08. The normalized spacial score (nSPS) is 11.6. The van der Waals surface area contributed by atoms with Crippen LogP contribution in [0.2, 0.25) is 5.02 Å². The van der Waals surface area contributed by atoms with Crippen molar-refractivity contribution in [3.05, 3.63) is 69.7 Å². The second kappa shape index (κ2) is 5.98. The van der Waals surface area contributed by atoms with Crippen molar-refractivity contribution >= 4 is 21.4 Å². The van der Waals surface area contributed by atoms with Crippen LogP contribution < -0.4 is 0 Å². The van der Waals surface area contributed by atoms with Gasteiger partial charge in [0.2, 0.25) is 0 Å². The minimum absolute atomic E-state index is 0.0144. The smallest absolute Gasteiger partial charge is 0.158 e. The molecule has 0 amide bonds. The molecule has 0 aliphatic carbocycles. The van der Waals surface area contributed by atoms with Gasteiger partial charge in [-0.2, -0.15) is 0 Å². The number of sulfone groups is 1. The Kier molecular flexibility index (Phi) is 4.51. The first-order valence-electron chi connectivity index (χ1n) is 6.36. The van der Waals surface area contributed by atoms with Crippen molar-refractivity contribution in [1.82, 2.24) is 0 Å². The molecule has 0 heterocycles. The summed E-state index contributed by atoms with van der Waals surface area (Å²) < 4.78 is 24.5. The summed E-state index contributed by atoms with van der Waals surface area (Å²) in [6.07, 6.45) is 0. The topological polar surface area (TPSA) is 34.1 Å². The number of benzene rings is 2. The van der Waals surface area contributed by atoms with Gasteiger partial charge in [0.15, 0.2) is 9.84 Å². The highest BCUT2D eigenvalue weighted by atomic mass is 35.5. The van der Waals surface area contributed by atoms with Crippen molar-refractivity contribution in [2.24, 2.45) is 0 Å². The highest BCUT2D eigenvalue weighted by Crippen LogP contribution is 2.17. The molecular formula is C16H17ClO2S. The Hall–Kier alpha value is -1.32.